The monoisotopic (exact) mass is 319 g/mol. The molecule has 0 saturated carbocycles. The van der Waals surface area contributed by atoms with Crippen molar-refractivity contribution in [2.75, 3.05) is 0 Å². The zero-order valence-electron chi connectivity index (χ0n) is 10.1. The van der Waals surface area contributed by atoms with E-state index in [-0.39, 0.29) is 4.88 Å². The number of carbonyl (C=O) groups is 1. The highest BCUT2D eigenvalue weighted by atomic mass is 32.2. The summed E-state index contributed by atoms with van der Waals surface area (Å²) in [5.41, 5.74) is -0.319. The molecule has 0 amide bonds. The lowest BCUT2D eigenvalue weighted by Crippen LogP contribution is -2.03. The number of carboxylic acid groups (broad SMARTS) is 1. The van der Waals surface area contributed by atoms with Crippen LogP contribution in [0.4, 0.5) is 13.2 Å². The molecule has 2 aromatic rings. The van der Waals surface area contributed by atoms with Crippen LogP contribution in [0.5, 0.6) is 0 Å². The average molecular weight is 319 g/mol. The number of aromatic carboxylic acids is 1. The first kappa shape index (κ1) is 14.9. The minimum absolute atomic E-state index is 0.138. The lowest BCUT2D eigenvalue weighted by atomic mass is 10.2. The van der Waals surface area contributed by atoms with E-state index in [2.05, 4.69) is 4.98 Å². The second-order valence-electron chi connectivity index (χ2n) is 3.82. The molecule has 0 bridgehead atoms. The zero-order chi connectivity index (χ0) is 14.9. The van der Waals surface area contributed by atoms with E-state index < -0.39 is 17.7 Å². The maximum atomic E-state index is 12.4. The van der Waals surface area contributed by atoms with E-state index in [1.165, 1.54) is 12.1 Å². The molecule has 0 aliphatic carbocycles. The van der Waals surface area contributed by atoms with Crippen molar-refractivity contribution in [3.05, 3.63) is 40.4 Å². The number of benzene rings is 1. The van der Waals surface area contributed by atoms with Gasteiger partial charge in [-0.3, -0.25) is 0 Å². The predicted octanol–water partition coefficient (Wildman–Crippen LogP) is 4.32. The van der Waals surface area contributed by atoms with E-state index in [4.69, 9.17) is 5.11 Å². The van der Waals surface area contributed by atoms with Crippen LogP contribution < -0.4 is 0 Å². The number of alkyl halides is 3. The van der Waals surface area contributed by atoms with Gasteiger partial charge in [0.1, 0.15) is 4.88 Å². The number of hydrogen-bond donors (Lipinski definition) is 1. The average Bonchev–Trinajstić information content (AvgIpc) is 2.70. The van der Waals surface area contributed by atoms with Crippen LogP contribution in [0, 0.1) is 6.92 Å². The Morgan fingerprint density at radius 1 is 1.30 bits per heavy atom. The molecular weight excluding hydrogens is 311 g/mol. The summed E-state index contributed by atoms with van der Waals surface area (Å²) in [6, 6.07) is 4.65. The molecule has 1 heterocycles. The SMILES string of the molecule is Cc1nc(Sc2ccc(C(F)(F)F)cc2)sc1C(=O)O. The van der Waals surface area contributed by atoms with Crippen LogP contribution >= 0.6 is 23.1 Å². The quantitative estimate of drug-likeness (QED) is 0.915. The highest BCUT2D eigenvalue weighted by Gasteiger charge is 2.30. The third-order valence-corrected chi connectivity index (χ3v) is 4.57. The van der Waals surface area contributed by atoms with Gasteiger partial charge in [-0.2, -0.15) is 13.2 Å². The summed E-state index contributed by atoms with van der Waals surface area (Å²) in [5.74, 6) is -1.06. The van der Waals surface area contributed by atoms with Gasteiger partial charge in [0.15, 0.2) is 4.34 Å². The lowest BCUT2D eigenvalue weighted by Gasteiger charge is -2.06. The van der Waals surface area contributed by atoms with E-state index in [0.29, 0.717) is 14.9 Å². The van der Waals surface area contributed by atoms with Crippen molar-refractivity contribution in [1.82, 2.24) is 4.98 Å². The number of carboxylic acids is 1. The number of rotatable bonds is 3. The number of hydrogen-bond acceptors (Lipinski definition) is 4. The second-order valence-corrected chi connectivity index (χ2v) is 6.14. The van der Waals surface area contributed by atoms with E-state index in [1.54, 1.807) is 6.92 Å². The molecule has 1 N–H and O–H groups in total. The van der Waals surface area contributed by atoms with Crippen LogP contribution in [-0.4, -0.2) is 16.1 Å². The standard InChI is InChI=1S/C12H8F3NO2S2/c1-6-9(10(17)18)20-11(16-6)19-8-4-2-7(3-5-8)12(13,14)15/h2-5H,1H3,(H,17,18). The summed E-state index contributed by atoms with van der Waals surface area (Å²) >= 11 is 2.14. The van der Waals surface area contributed by atoms with Gasteiger partial charge in [0.05, 0.1) is 11.3 Å². The van der Waals surface area contributed by atoms with Gasteiger partial charge in [-0.25, -0.2) is 9.78 Å². The third kappa shape index (κ3) is 3.31. The predicted molar refractivity (Wildman–Crippen MR) is 69.4 cm³/mol. The maximum absolute atomic E-state index is 12.4. The first-order valence-corrected chi connectivity index (χ1v) is 6.96. The van der Waals surface area contributed by atoms with Crippen LogP contribution in [0.2, 0.25) is 0 Å². The Morgan fingerprint density at radius 2 is 1.90 bits per heavy atom. The Morgan fingerprint density at radius 3 is 2.35 bits per heavy atom. The first-order chi connectivity index (χ1) is 9.27. The molecule has 0 aliphatic heterocycles. The minimum Gasteiger partial charge on any atom is -0.477 e. The number of thiazole rings is 1. The second kappa shape index (κ2) is 5.45. The topological polar surface area (TPSA) is 50.2 Å². The molecule has 20 heavy (non-hydrogen) atoms. The zero-order valence-corrected chi connectivity index (χ0v) is 11.7. The molecular formula is C12H8F3NO2S2. The highest BCUT2D eigenvalue weighted by molar-refractivity contribution is 8.01. The van der Waals surface area contributed by atoms with E-state index in [9.17, 15) is 18.0 Å². The highest BCUT2D eigenvalue weighted by Crippen LogP contribution is 2.35. The van der Waals surface area contributed by atoms with Crippen LogP contribution in [0.1, 0.15) is 20.9 Å². The summed E-state index contributed by atoms with van der Waals surface area (Å²) in [6.07, 6.45) is -4.36. The van der Waals surface area contributed by atoms with Crippen LogP contribution in [0.3, 0.4) is 0 Å². The normalized spacial score (nSPS) is 11.6. The first-order valence-electron chi connectivity index (χ1n) is 5.33. The van der Waals surface area contributed by atoms with Crippen molar-refractivity contribution in [2.45, 2.75) is 22.3 Å². The lowest BCUT2D eigenvalue weighted by molar-refractivity contribution is -0.137. The largest absolute Gasteiger partial charge is 0.477 e. The fourth-order valence-corrected chi connectivity index (χ4v) is 3.43. The molecule has 1 aromatic heterocycles. The fourth-order valence-electron chi connectivity index (χ4n) is 1.43. The third-order valence-electron chi connectivity index (χ3n) is 2.36. The van der Waals surface area contributed by atoms with Gasteiger partial charge in [-0.05, 0) is 31.2 Å². The van der Waals surface area contributed by atoms with Gasteiger partial charge in [0, 0.05) is 4.90 Å². The summed E-state index contributed by atoms with van der Waals surface area (Å²) in [7, 11) is 0. The van der Waals surface area contributed by atoms with Crippen molar-refractivity contribution in [2.24, 2.45) is 0 Å². The fraction of sp³-hybridized carbons (Fsp3) is 0.167. The Kier molecular flexibility index (Phi) is 4.05. The summed E-state index contributed by atoms with van der Waals surface area (Å²) in [4.78, 5) is 15.7. The van der Waals surface area contributed by atoms with Gasteiger partial charge >= 0.3 is 12.1 Å². The van der Waals surface area contributed by atoms with Crippen molar-refractivity contribution in [3.8, 4) is 0 Å². The van der Waals surface area contributed by atoms with Crippen molar-refractivity contribution in [3.63, 3.8) is 0 Å². The molecule has 0 unspecified atom stereocenters. The number of halogens is 3. The molecule has 0 saturated heterocycles. The smallest absolute Gasteiger partial charge is 0.416 e. The van der Waals surface area contributed by atoms with E-state index in [0.717, 1.165) is 35.2 Å². The Balaban J connectivity index is 2.18. The molecule has 1 aromatic carbocycles. The Labute approximate surface area is 120 Å². The molecule has 0 radical (unpaired) electrons. The molecule has 106 valence electrons. The molecule has 0 spiro atoms. The molecule has 0 atom stereocenters. The van der Waals surface area contributed by atoms with Gasteiger partial charge in [0.25, 0.3) is 0 Å². The summed E-state index contributed by atoms with van der Waals surface area (Å²) < 4.78 is 37.7. The van der Waals surface area contributed by atoms with Crippen molar-refractivity contribution < 1.29 is 23.1 Å². The summed E-state index contributed by atoms with van der Waals surface area (Å²) in [5, 5.41) is 8.91. The van der Waals surface area contributed by atoms with Gasteiger partial charge < -0.3 is 5.11 Å². The number of aromatic nitrogens is 1. The van der Waals surface area contributed by atoms with Gasteiger partial charge in [-0.15, -0.1) is 11.3 Å². The number of aryl methyl sites for hydroxylation is 1. The van der Waals surface area contributed by atoms with E-state index >= 15 is 0 Å². The molecule has 0 aliphatic rings. The molecule has 2 rings (SSSR count). The van der Waals surface area contributed by atoms with Crippen molar-refractivity contribution >= 4 is 29.1 Å². The van der Waals surface area contributed by atoms with Crippen LogP contribution in [0.25, 0.3) is 0 Å². The van der Waals surface area contributed by atoms with E-state index in [1.807, 2.05) is 0 Å². The Bertz CT molecular complexity index is 635. The van der Waals surface area contributed by atoms with Crippen LogP contribution in [-0.2, 0) is 6.18 Å². The number of nitrogens with zero attached hydrogens (tertiary/aromatic N) is 1. The van der Waals surface area contributed by atoms with Crippen molar-refractivity contribution in [1.29, 1.82) is 0 Å². The van der Waals surface area contributed by atoms with Gasteiger partial charge in [-0.1, -0.05) is 11.8 Å². The molecule has 8 heteroatoms. The van der Waals surface area contributed by atoms with Gasteiger partial charge in [0.2, 0.25) is 0 Å². The minimum atomic E-state index is -4.36. The Hall–Kier alpha value is -1.54. The molecule has 0 fully saturated rings. The maximum Gasteiger partial charge on any atom is 0.416 e. The molecule has 3 nitrogen and oxygen atoms in total. The van der Waals surface area contributed by atoms with Crippen LogP contribution in [0.15, 0.2) is 33.5 Å². The summed E-state index contributed by atoms with van der Waals surface area (Å²) in [6.45, 7) is 1.58.